The topological polar surface area (TPSA) is 62.5 Å². The van der Waals surface area contributed by atoms with Crippen LogP contribution >= 0.6 is 0 Å². The third kappa shape index (κ3) is 3.52. The number of pyridine rings is 1. The van der Waals surface area contributed by atoms with Crippen molar-refractivity contribution in [1.82, 2.24) is 14.8 Å². The van der Waals surface area contributed by atoms with Gasteiger partial charge in [0.25, 0.3) is 0 Å². The number of likely N-dealkylation sites (tertiary alicyclic amines) is 1. The van der Waals surface area contributed by atoms with Crippen molar-refractivity contribution in [2.24, 2.45) is 5.73 Å². The number of nitrogens with zero attached hydrogens (tertiary/aromatic N) is 3. The van der Waals surface area contributed by atoms with Gasteiger partial charge in [-0.1, -0.05) is 6.07 Å². The lowest BCUT2D eigenvalue weighted by molar-refractivity contribution is -0.131. The highest BCUT2D eigenvalue weighted by Gasteiger charge is 2.23. The van der Waals surface area contributed by atoms with Crippen molar-refractivity contribution in [3.05, 3.63) is 30.1 Å². The largest absolute Gasteiger partial charge is 0.342 e. The Labute approximate surface area is 114 Å². The first-order valence-corrected chi connectivity index (χ1v) is 6.81. The van der Waals surface area contributed by atoms with Gasteiger partial charge in [-0.15, -0.1) is 0 Å². The van der Waals surface area contributed by atoms with Gasteiger partial charge in [0.05, 0.1) is 18.3 Å². The maximum absolute atomic E-state index is 12.1. The molecule has 0 spiro atoms. The molecule has 1 aliphatic rings. The lowest BCUT2D eigenvalue weighted by atomic mass is 10.1. The zero-order valence-electron chi connectivity index (χ0n) is 11.5. The van der Waals surface area contributed by atoms with Gasteiger partial charge in [0.1, 0.15) is 0 Å². The Kier molecular flexibility index (Phi) is 4.87. The van der Waals surface area contributed by atoms with E-state index in [-0.39, 0.29) is 11.9 Å². The molecule has 1 fully saturated rings. The van der Waals surface area contributed by atoms with E-state index in [4.69, 9.17) is 5.73 Å². The van der Waals surface area contributed by atoms with Crippen LogP contribution in [0.1, 0.15) is 24.6 Å². The second-order valence-corrected chi connectivity index (χ2v) is 5.01. The van der Waals surface area contributed by atoms with Gasteiger partial charge in [-0.2, -0.15) is 0 Å². The van der Waals surface area contributed by atoms with Gasteiger partial charge >= 0.3 is 0 Å². The van der Waals surface area contributed by atoms with E-state index in [0.29, 0.717) is 13.1 Å². The standard InChI is InChI=1S/C14H22N4O/c1-17(11-14(19)18-8-4-5-9-18)13(10-15)12-6-2-3-7-16-12/h2-3,6-7,13H,4-5,8-11,15H2,1H3. The quantitative estimate of drug-likeness (QED) is 0.845. The van der Waals surface area contributed by atoms with Crippen molar-refractivity contribution in [2.45, 2.75) is 18.9 Å². The van der Waals surface area contributed by atoms with Crippen molar-refractivity contribution >= 4 is 5.91 Å². The molecule has 1 saturated heterocycles. The zero-order valence-corrected chi connectivity index (χ0v) is 11.5. The minimum atomic E-state index is -0.00671. The van der Waals surface area contributed by atoms with E-state index in [1.807, 2.05) is 35.0 Å². The Balaban J connectivity index is 1.97. The molecular weight excluding hydrogens is 240 g/mol. The number of amides is 1. The van der Waals surface area contributed by atoms with Crippen molar-refractivity contribution in [2.75, 3.05) is 33.2 Å². The van der Waals surface area contributed by atoms with Gasteiger partial charge < -0.3 is 10.6 Å². The van der Waals surface area contributed by atoms with Crippen LogP contribution in [0.25, 0.3) is 0 Å². The molecule has 5 nitrogen and oxygen atoms in total. The van der Waals surface area contributed by atoms with E-state index >= 15 is 0 Å². The zero-order chi connectivity index (χ0) is 13.7. The average molecular weight is 262 g/mol. The summed E-state index contributed by atoms with van der Waals surface area (Å²) in [4.78, 5) is 20.4. The fourth-order valence-electron chi connectivity index (χ4n) is 2.49. The highest BCUT2D eigenvalue weighted by Crippen LogP contribution is 2.16. The molecule has 104 valence electrons. The van der Waals surface area contributed by atoms with E-state index in [2.05, 4.69) is 4.98 Å². The molecule has 2 heterocycles. The SMILES string of the molecule is CN(CC(=O)N1CCCC1)C(CN)c1ccccn1. The van der Waals surface area contributed by atoms with Crippen LogP contribution in [0, 0.1) is 0 Å². The smallest absolute Gasteiger partial charge is 0.236 e. The summed E-state index contributed by atoms with van der Waals surface area (Å²) in [5.41, 5.74) is 6.75. The summed E-state index contributed by atoms with van der Waals surface area (Å²) in [5, 5.41) is 0. The number of aromatic nitrogens is 1. The minimum Gasteiger partial charge on any atom is -0.342 e. The molecule has 1 aromatic heterocycles. The van der Waals surface area contributed by atoms with Crippen LogP contribution in [0.3, 0.4) is 0 Å². The molecule has 5 heteroatoms. The van der Waals surface area contributed by atoms with Crippen LogP contribution in [0.2, 0.25) is 0 Å². The van der Waals surface area contributed by atoms with E-state index in [9.17, 15) is 4.79 Å². The summed E-state index contributed by atoms with van der Waals surface area (Å²) in [5.74, 6) is 0.189. The summed E-state index contributed by atoms with van der Waals surface area (Å²) in [6, 6.07) is 5.77. The summed E-state index contributed by atoms with van der Waals surface area (Å²) in [7, 11) is 1.93. The van der Waals surface area contributed by atoms with Gasteiger partial charge in [0, 0.05) is 25.8 Å². The number of likely N-dealkylation sites (N-methyl/N-ethyl adjacent to an activating group) is 1. The number of nitrogens with two attached hydrogens (primary N) is 1. The first-order chi connectivity index (χ1) is 9.22. The molecule has 1 unspecified atom stereocenters. The normalized spacial score (nSPS) is 16.9. The number of carbonyl (C=O) groups is 1. The fraction of sp³-hybridized carbons (Fsp3) is 0.571. The molecule has 19 heavy (non-hydrogen) atoms. The second kappa shape index (κ2) is 6.63. The van der Waals surface area contributed by atoms with Crippen LogP contribution in [0.15, 0.2) is 24.4 Å². The maximum atomic E-state index is 12.1. The van der Waals surface area contributed by atoms with E-state index in [1.165, 1.54) is 0 Å². The van der Waals surface area contributed by atoms with Gasteiger partial charge in [-0.05, 0) is 32.0 Å². The first-order valence-electron chi connectivity index (χ1n) is 6.81. The summed E-state index contributed by atoms with van der Waals surface area (Å²) < 4.78 is 0. The summed E-state index contributed by atoms with van der Waals surface area (Å²) in [6.45, 7) is 2.65. The Morgan fingerprint density at radius 1 is 1.47 bits per heavy atom. The van der Waals surface area contributed by atoms with Crippen LogP contribution in [-0.2, 0) is 4.79 Å². The lowest BCUT2D eigenvalue weighted by Crippen LogP contribution is -2.40. The Hall–Kier alpha value is -1.46. The molecular formula is C14H22N4O. The van der Waals surface area contributed by atoms with Crippen molar-refractivity contribution in [3.8, 4) is 0 Å². The number of hydrogen-bond donors (Lipinski definition) is 1. The predicted octanol–water partition coefficient (Wildman–Crippen LogP) is 0.636. The molecule has 1 amide bonds. The Morgan fingerprint density at radius 3 is 2.79 bits per heavy atom. The van der Waals surface area contributed by atoms with Crippen LogP contribution < -0.4 is 5.73 Å². The summed E-state index contributed by atoms with van der Waals surface area (Å²) >= 11 is 0. The molecule has 0 saturated carbocycles. The second-order valence-electron chi connectivity index (χ2n) is 5.01. The molecule has 1 atom stereocenters. The number of carbonyl (C=O) groups excluding carboxylic acids is 1. The molecule has 0 aliphatic carbocycles. The Bertz CT molecular complexity index is 403. The molecule has 0 bridgehead atoms. The number of rotatable bonds is 5. The van der Waals surface area contributed by atoms with Crippen molar-refractivity contribution < 1.29 is 4.79 Å². The summed E-state index contributed by atoms with van der Waals surface area (Å²) in [6.07, 6.45) is 4.00. The molecule has 1 aromatic rings. The molecule has 0 radical (unpaired) electrons. The fourth-order valence-corrected chi connectivity index (χ4v) is 2.49. The van der Waals surface area contributed by atoms with E-state index in [1.54, 1.807) is 6.20 Å². The van der Waals surface area contributed by atoms with Gasteiger partial charge in [0.15, 0.2) is 0 Å². The highest BCUT2D eigenvalue weighted by atomic mass is 16.2. The van der Waals surface area contributed by atoms with Crippen LogP contribution in [0.4, 0.5) is 0 Å². The lowest BCUT2D eigenvalue weighted by Gasteiger charge is -2.27. The average Bonchev–Trinajstić information content (AvgIpc) is 2.94. The van der Waals surface area contributed by atoms with E-state index in [0.717, 1.165) is 31.6 Å². The highest BCUT2D eigenvalue weighted by molar-refractivity contribution is 5.78. The molecule has 0 aromatic carbocycles. The molecule has 2 N–H and O–H groups in total. The van der Waals surface area contributed by atoms with Crippen LogP contribution in [0.5, 0.6) is 0 Å². The minimum absolute atomic E-state index is 0.00671. The van der Waals surface area contributed by atoms with Gasteiger partial charge in [-0.25, -0.2) is 0 Å². The third-order valence-corrected chi connectivity index (χ3v) is 3.63. The van der Waals surface area contributed by atoms with E-state index < -0.39 is 0 Å². The van der Waals surface area contributed by atoms with Crippen LogP contribution in [-0.4, -0.2) is 53.9 Å². The van der Waals surface area contributed by atoms with Gasteiger partial charge in [0.2, 0.25) is 5.91 Å². The van der Waals surface area contributed by atoms with Crippen molar-refractivity contribution in [1.29, 1.82) is 0 Å². The first kappa shape index (κ1) is 14.0. The maximum Gasteiger partial charge on any atom is 0.236 e. The third-order valence-electron chi connectivity index (χ3n) is 3.63. The van der Waals surface area contributed by atoms with Gasteiger partial charge in [-0.3, -0.25) is 14.7 Å². The monoisotopic (exact) mass is 262 g/mol. The Morgan fingerprint density at radius 2 is 2.21 bits per heavy atom. The molecule has 1 aliphatic heterocycles. The number of hydrogen-bond acceptors (Lipinski definition) is 4. The van der Waals surface area contributed by atoms with Crippen molar-refractivity contribution in [3.63, 3.8) is 0 Å². The molecule has 2 rings (SSSR count). The predicted molar refractivity (Wildman–Crippen MR) is 74.5 cm³/mol.